The molecule has 4 N–H and O–H groups in total. The molecule has 1 aromatic rings. The number of anilines is 2. The van der Waals surface area contributed by atoms with Gasteiger partial charge in [-0.2, -0.15) is 5.26 Å². The summed E-state index contributed by atoms with van der Waals surface area (Å²) in [5.74, 6) is -0.273. The number of nitriles is 1. The number of hydrogen-bond donors (Lipinski definition) is 3. The van der Waals surface area contributed by atoms with Gasteiger partial charge in [0, 0.05) is 13.6 Å². The van der Waals surface area contributed by atoms with Crippen molar-refractivity contribution in [2.75, 3.05) is 45.3 Å². The normalized spacial score (nSPS) is 10.3. The number of nitrogens with one attached hydrogen (secondary N) is 2. The number of amides is 1. The smallest absolute Gasteiger partial charge is 0.256 e. The molecule has 1 rings (SSSR count). The van der Waals surface area contributed by atoms with Crippen LogP contribution in [0.5, 0.6) is 0 Å². The van der Waals surface area contributed by atoms with Gasteiger partial charge in [0.2, 0.25) is 0 Å². The maximum absolute atomic E-state index is 11.8. The third kappa shape index (κ3) is 3.84. The summed E-state index contributed by atoms with van der Waals surface area (Å²) >= 11 is 1.22. The SMILES string of the molecule is CNC(=O)c1c(NCCCN(C)C)sc(C#N)c1N. The maximum Gasteiger partial charge on any atom is 0.256 e. The van der Waals surface area contributed by atoms with Gasteiger partial charge < -0.3 is 21.3 Å². The number of rotatable bonds is 6. The molecule has 1 heterocycles. The highest BCUT2D eigenvalue weighted by atomic mass is 32.1. The maximum atomic E-state index is 11.8. The molecule has 6 nitrogen and oxygen atoms in total. The van der Waals surface area contributed by atoms with Gasteiger partial charge in [-0.25, -0.2) is 0 Å². The molecule has 0 bridgehead atoms. The van der Waals surface area contributed by atoms with E-state index in [1.807, 2.05) is 20.2 Å². The van der Waals surface area contributed by atoms with Gasteiger partial charge in [-0.1, -0.05) is 0 Å². The Bertz CT molecular complexity index is 489. The summed E-state index contributed by atoms with van der Waals surface area (Å²) in [5.41, 5.74) is 6.44. The molecule has 0 aliphatic rings. The second kappa shape index (κ2) is 6.97. The molecule has 1 aromatic heterocycles. The van der Waals surface area contributed by atoms with Crippen LogP contribution in [0.1, 0.15) is 21.7 Å². The summed E-state index contributed by atoms with van der Waals surface area (Å²) in [6.07, 6.45) is 0.944. The van der Waals surface area contributed by atoms with Crippen molar-refractivity contribution >= 4 is 27.9 Å². The number of thiophene rings is 1. The minimum Gasteiger partial charge on any atom is -0.396 e. The van der Waals surface area contributed by atoms with E-state index in [0.717, 1.165) is 19.5 Å². The fourth-order valence-electron chi connectivity index (χ4n) is 1.60. The molecule has 1 amide bonds. The molecule has 0 unspecified atom stereocenters. The van der Waals surface area contributed by atoms with E-state index >= 15 is 0 Å². The first-order chi connectivity index (χ1) is 9.01. The van der Waals surface area contributed by atoms with E-state index in [4.69, 9.17) is 11.0 Å². The minimum absolute atomic E-state index is 0.252. The van der Waals surface area contributed by atoms with Crippen molar-refractivity contribution in [3.63, 3.8) is 0 Å². The van der Waals surface area contributed by atoms with Crippen LogP contribution in [0.4, 0.5) is 10.7 Å². The van der Waals surface area contributed by atoms with Crippen molar-refractivity contribution in [3.8, 4) is 6.07 Å². The van der Waals surface area contributed by atoms with Gasteiger partial charge in [-0.05, 0) is 27.1 Å². The predicted molar refractivity (Wildman–Crippen MR) is 78.5 cm³/mol. The van der Waals surface area contributed by atoms with Gasteiger partial charge in [0.1, 0.15) is 15.9 Å². The average Bonchev–Trinajstić information content (AvgIpc) is 2.70. The second-order valence-corrected chi connectivity index (χ2v) is 5.34. The third-order valence-corrected chi connectivity index (χ3v) is 3.64. The molecular formula is C12H19N5OS. The van der Waals surface area contributed by atoms with Crippen LogP contribution in [0.2, 0.25) is 0 Å². The zero-order chi connectivity index (χ0) is 14.4. The molecule has 7 heteroatoms. The van der Waals surface area contributed by atoms with Crippen molar-refractivity contribution in [2.24, 2.45) is 0 Å². The van der Waals surface area contributed by atoms with Crippen LogP contribution < -0.4 is 16.4 Å². The van der Waals surface area contributed by atoms with Gasteiger partial charge in [0.05, 0.1) is 11.3 Å². The summed E-state index contributed by atoms with van der Waals surface area (Å²) in [6, 6.07) is 2.01. The van der Waals surface area contributed by atoms with Crippen LogP contribution in [0.15, 0.2) is 0 Å². The first-order valence-electron chi connectivity index (χ1n) is 5.94. The lowest BCUT2D eigenvalue weighted by molar-refractivity contribution is 0.0965. The van der Waals surface area contributed by atoms with Crippen molar-refractivity contribution in [3.05, 3.63) is 10.4 Å². The summed E-state index contributed by atoms with van der Waals surface area (Å²) < 4.78 is 0. The van der Waals surface area contributed by atoms with E-state index in [1.165, 1.54) is 11.3 Å². The Hall–Kier alpha value is -1.78. The molecule has 0 spiro atoms. The Morgan fingerprint density at radius 2 is 2.21 bits per heavy atom. The highest BCUT2D eigenvalue weighted by Gasteiger charge is 2.20. The zero-order valence-corrected chi connectivity index (χ0v) is 12.2. The molecule has 0 radical (unpaired) electrons. The molecule has 0 saturated carbocycles. The van der Waals surface area contributed by atoms with Crippen LogP contribution in [0.25, 0.3) is 0 Å². The number of nitrogens with two attached hydrogens (primary N) is 1. The Morgan fingerprint density at radius 1 is 1.53 bits per heavy atom. The third-order valence-electron chi connectivity index (χ3n) is 2.57. The van der Waals surface area contributed by atoms with E-state index in [9.17, 15) is 4.79 Å². The fraction of sp³-hybridized carbons (Fsp3) is 0.500. The number of carbonyl (C=O) groups excluding carboxylic acids is 1. The average molecular weight is 281 g/mol. The lowest BCUT2D eigenvalue weighted by Gasteiger charge is -2.10. The summed E-state index contributed by atoms with van der Waals surface area (Å²) in [5, 5.41) is 15.3. The van der Waals surface area contributed by atoms with Crippen LogP contribution in [0, 0.1) is 11.3 Å². The number of hydrogen-bond acceptors (Lipinski definition) is 6. The van der Waals surface area contributed by atoms with Gasteiger partial charge in [0.25, 0.3) is 5.91 Å². The monoisotopic (exact) mass is 281 g/mol. The molecule has 0 aliphatic carbocycles. The molecular weight excluding hydrogens is 262 g/mol. The van der Waals surface area contributed by atoms with Crippen LogP contribution in [0.3, 0.4) is 0 Å². The van der Waals surface area contributed by atoms with E-state index in [1.54, 1.807) is 7.05 Å². The Balaban J connectivity index is 2.82. The summed E-state index contributed by atoms with van der Waals surface area (Å²) in [4.78, 5) is 14.2. The molecule has 0 fully saturated rings. The van der Waals surface area contributed by atoms with Crippen molar-refractivity contribution < 1.29 is 4.79 Å². The Morgan fingerprint density at radius 3 is 2.74 bits per heavy atom. The van der Waals surface area contributed by atoms with E-state index in [2.05, 4.69) is 15.5 Å². The van der Waals surface area contributed by atoms with Crippen molar-refractivity contribution in [1.29, 1.82) is 5.26 Å². The lowest BCUT2D eigenvalue weighted by Crippen LogP contribution is -2.21. The van der Waals surface area contributed by atoms with Crippen LogP contribution in [-0.4, -0.2) is 45.0 Å². The number of carbonyl (C=O) groups is 1. The predicted octanol–water partition coefficient (Wildman–Crippen LogP) is 0.925. The highest BCUT2D eigenvalue weighted by molar-refractivity contribution is 7.17. The zero-order valence-electron chi connectivity index (χ0n) is 11.4. The van der Waals surface area contributed by atoms with Gasteiger partial charge in [0.15, 0.2) is 0 Å². The summed E-state index contributed by atoms with van der Waals surface area (Å²) in [6.45, 7) is 1.68. The molecule has 104 valence electrons. The van der Waals surface area contributed by atoms with E-state index in [-0.39, 0.29) is 11.6 Å². The molecule has 0 saturated heterocycles. The topological polar surface area (TPSA) is 94.2 Å². The first-order valence-corrected chi connectivity index (χ1v) is 6.76. The molecule has 0 aromatic carbocycles. The second-order valence-electron chi connectivity index (χ2n) is 4.32. The quantitative estimate of drug-likeness (QED) is 0.674. The van der Waals surface area contributed by atoms with Gasteiger partial charge in [-0.3, -0.25) is 4.79 Å². The summed E-state index contributed by atoms with van der Waals surface area (Å²) in [7, 11) is 5.56. The minimum atomic E-state index is -0.273. The standard InChI is InChI=1S/C12H19N5OS/c1-15-11(18)9-10(14)8(7-13)19-12(9)16-5-4-6-17(2)3/h16H,4-6,14H2,1-3H3,(H,15,18). The Kier molecular flexibility index (Phi) is 5.60. The van der Waals surface area contributed by atoms with Crippen LogP contribution in [-0.2, 0) is 0 Å². The molecule has 0 aliphatic heterocycles. The Labute approximate surface area is 117 Å². The number of nitrogens with zero attached hydrogens (tertiary/aromatic N) is 2. The first kappa shape index (κ1) is 15.3. The fourth-order valence-corrected chi connectivity index (χ4v) is 2.54. The largest absolute Gasteiger partial charge is 0.396 e. The van der Waals surface area contributed by atoms with Crippen molar-refractivity contribution in [1.82, 2.24) is 10.2 Å². The van der Waals surface area contributed by atoms with E-state index in [0.29, 0.717) is 15.4 Å². The number of nitrogen functional groups attached to an aromatic ring is 1. The molecule has 19 heavy (non-hydrogen) atoms. The van der Waals surface area contributed by atoms with E-state index < -0.39 is 0 Å². The molecule has 0 atom stereocenters. The highest BCUT2D eigenvalue weighted by Crippen LogP contribution is 2.35. The van der Waals surface area contributed by atoms with Crippen molar-refractivity contribution in [2.45, 2.75) is 6.42 Å². The lowest BCUT2D eigenvalue weighted by atomic mass is 10.2. The van der Waals surface area contributed by atoms with Gasteiger partial charge >= 0.3 is 0 Å². The van der Waals surface area contributed by atoms with Crippen LogP contribution >= 0.6 is 11.3 Å². The van der Waals surface area contributed by atoms with Gasteiger partial charge in [-0.15, -0.1) is 11.3 Å².